The fraction of sp³-hybridized carbons (Fsp3) is 0.105. The van der Waals surface area contributed by atoms with Crippen molar-refractivity contribution in [1.82, 2.24) is 5.32 Å². The second-order valence-electron chi connectivity index (χ2n) is 5.41. The predicted molar refractivity (Wildman–Crippen MR) is 108 cm³/mol. The van der Waals surface area contributed by atoms with Gasteiger partial charge in [0, 0.05) is 0 Å². The molecule has 3 rings (SSSR count). The van der Waals surface area contributed by atoms with Gasteiger partial charge in [0.2, 0.25) is 0 Å². The third-order valence-electron chi connectivity index (χ3n) is 3.50. The van der Waals surface area contributed by atoms with Crippen LogP contribution in [0.25, 0.3) is 6.08 Å². The van der Waals surface area contributed by atoms with Gasteiger partial charge in [-0.2, -0.15) is 0 Å². The number of carbonyl (C=O) groups is 2. The summed E-state index contributed by atoms with van der Waals surface area (Å²) in [6.07, 6.45) is 1.65. The fourth-order valence-corrected chi connectivity index (χ4v) is 3.60. The topological polar surface area (TPSA) is 88.5 Å². The first-order valence-corrected chi connectivity index (χ1v) is 9.62. The molecule has 0 bridgehead atoms. The van der Waals surface area contributed by atoms with E-state index in [2.05, 4.69) is 21.2 Å². The lowest BCUT2D eigenvalue weighted by atomic mass is 10.1. The second-order valence-corrected chi connectivity index (χ2v) is 7.32. The minimum absolute atomic E-state index is 0.0868. The van der Waals surface area contributed by atoms with Crippen molar-refractivity contribution in [3.8, 4) is 11.5 Å². The molecule has 0 radical (unpaired) electrons. The first-order valence-electron chi connectivity index (χ1n) is 8.01. The molecule has 8 heteroatoms. The summed E-state index contributed by atoms with van der Waals surface area (Å²) in [7, 11) is 0. The summed E-state index contributed by atoms with van der Waals surface area (Å²) in [6, 6.07) is 12.1. The van der Waals surface area contributed by atoms with Gasteiger partial charge >= 0.3 is 5.97 Å². The zero-order valence-corrected chi connectivity index (χ0v) is 16.6. The maximum Gasteiger partial charge on any atom is 0.343 e. The maximum absolute atomic E-state index is 12.4. The normalized spacial score (nSPS) is 15.0. The van der Waals surface area contributed by atoms with Gasteiger partial charge in [0.1, 0.15) is 0 Å². The Labute approximate surface area is 168 Å². The largest absolute Gasteiger partial charge is 0.490 e. The zero-order chi connectivity index (χ0) is 19.4. The Morgan fingerprint density at radius 1 is 1.30 bits per heavy atom. The molecule has 0 spiro atoms. The number of hydrogen-bond acceptors (Lipinski definition) is 6. The van der Waals surface area contributed by atoms with E-state index in [1.165, 1.54) is 0 Å². The van der Waals surface area contributed by atoms with Gasteiger partial charge in [-0.1, -0.05) is 18.2 Å². The van der Waals surface area contributed by atoms with Crippen LogP contribution in [0.4, 0.5) is 0 Å². The van der Waals surface area contributed by atoms with E-state index >= 15 is 0 Å². The van der Waals surface area contributed by atoms with Crippen molar-refractivity contribution in [2.45, 2.75) is 6.92 Å². The third-order valence-corrected chi connectivity index (χ3v) is 4.91. The maximum atomic E-state index is 12.4. The monoisotopic (exact) mass is 446 g/mol. The number of thioether (sulfide) groups is 1. The Morgan fingerprint density at radius 3 is 2.67 bits per heavy atom. The molecule has 1 aliphatic rings. The summed E-state index contributed by atoms with van der Waals surface area (Å²) in [4.78, 5) is 24.6. The van der Waals surface area contributed by atoms with E-state index in [0.29, 0.717) is 32.9 Å². The number of rotatable bonds is 5. The lowest BCUT2D eigenvalue weighted by Gasteiger charge is -2.13. The highest BCUT2D eigenvalue weighted by Crippen LogP contribution is 2.38. The lowest BCUT2D eigenvalue weighted by molar-refractivity contribution is -0.115. The molecule has 2 N–H and O–H groups in total. The molecule has 2 aromatic rings. The molecular formula is C19H15BrN2O4S. The molecule has 0 aromatic heterocycles. The van der Waals surface area contributed by atoms with Gasteiger partial charge in [0.15, 0.2) is 16.7 Å². The summed E-state index contributed by atoms with van der Waals surface area (Å²) >= 11 is 4.46. The summed E-state index contributed by atoms with van der Waals surface area (Å²) in [5.74, 6) is -0.174. The van der Waals surface area contributed by atoms with E-state index < -0.39 is 5.97 Å². The number of ether oxygens (including phenoxy) is 2. The molecule has 2 aromatic carbocycles. The predicted octanol–water partition coefficient (Wildman–Crippen LogP) is 4.21. The number of amidine groups is 1. The van der Waals surface area contributed by atoms with Crippen LogP contribution >= 0.6 is 27.7 Å². The van der Waals surface area contributed by atoms with Crippen molar-refractivity contribution in [2.75, 3.05) is 6.61 Å². The Hall–Kier alpha value is -2.58. The van der Waals surface area contributed by atoms with Gasteiger partial charge in [-0.05, 0) is 70.5 Å². The molecule has 1 heterocycles. The van der Waals surface area contributed by atoms with Gasteiger partial charge in [-0.15, -0.1) is 0 Å². The molecule has 1 amide bonds. The van der Waals surface area contributed by atoms with E-state index in [9.17, 15) is 9.59 Å². The highest BCUT2D eigenvalue weighted by atomic mass is 79.9. The van der Waals surface area contributed by atoms with Crippen LogP contribution < -0.4 is 14.8 Å². The highest BCUT2D eigenvalue weighted by Gasteiger charge is 2.23. The number of carbonyl (C=O) groups excluding carboxylic acids is 2. The minimum atomic E-state index is -0.498. The van der Waals surface area contributed by atoms with Gasteiger partial charge in [-0.25, -0.2) is 4.79 Å². The van der Waals surface area contributed by atoms with Crippen LogP contribution in [-0.2, 0) is 4.79 Å². The van der Waals surface area contributed by atoms with Gasteiger partial charge in [-0.3, -0.25) is 10.2 Å². The van der Waals surface area contributed by atoms with Crippen LogP contribution in [0.3, 0.4) is 0 Å². The molecule has 1 fully saturated rings. The Morgan fingerprint density at radius 2 is 2.04 bits per heavy atom. The average molecular weight is 447 g/mol. The van der Waals surface area contributed by atoms with Crippen molar-refractivity contribution in [2.24, 2.45) is 0 Å². The Balaban J connectivity index is 1.93. The van der Waals surface area contributed by atoms with Gasteiger partial charge in [0.25, 0.3) is 5.91 Å². The van der Waals surface area contributed by atoms with E-state index in [0.717, 1.165) is 11.8 Å². The first kappa shape index (κ1) is 19.2. The number of nitrogens with one attached hydrogen (secondary N) is 2. The van der Waals surface area contributed by atoms with Gasteiger partial charge in [0.05, 0.1) is 21.5 Å². The van der Waals surface area contributed by atoms with Crippen molar-refractivity contribution >= 4 is 50.8 Å². The first-order chi connectivity index (χ1) is 13.0. The average Bonchev–Trinajstić information content (AvgIpc) is 2.96. The SMILES string of the molecule is CCOc1cc(C=C2SC(=N)NC2=O)cc(Br)c1OC(=O)c1ccccc1. The highest BCUT2D eigenvalue weighted by molar-refractivity contribution is 9.10. The van der Waals surface area contributed by atoms with E-state index in [1.54, 1.807) is 42.5 Å². The van der Waals surface area contributed by atoms with Crippen molar-refractivity contribution < 1.29 is 19.1 Å². The Kier molecular flexibility index (Phi) is 5.98. The molecule has 0 unspecified atom stereocenters. The molecule has 0 aliphatic carbocycles. The Bertz CT molecular complexity index is 944. The second kappa shape index (κ2) is 8.41. The number of hydrogen-bond donors (Lipinski definition) is 2. The summed E-state index contributed by atoms with van der Waals surface area (Å²) < 4.78 is 11.7. The molecule has 1 saturated heterocycles. The smallest absolute Gasteiger partial charge is 0.343 e. The molecule has 138 valence electrons. The standard InChI is InChI=1S/C19H15BrN2O4S/c1-2-25-14-9-11(10-15-17(23)22-19(21)27-15)8-13(20)16(14)26-18(24)12-6-4-3-5-7-12/h3-10H,2H2,1H3,(H2,21,22,23). The van der Waals surface area contributed by atoms with Crippen LogP contribution in [0, 0.1) is 5.41 Å². The lowest BCUT2D eigenvalue weighted by Crippen LogP contribution is -2.18. The van der Waals surface area contributed by atoms with Crippen molar-refractivity contribution in [3.05, 3.63) is 63.0 Å². The number of amides is 1. The van der Waals surface area contributed by atoms with Crippen LogP contribution in [0.2, 0.25) is 0 Å². The minimum Gasteiger partial charge on any atom is -0.490 e. The van der Waals surface area contributed by atoms with E-state index in [-0.39, 0.29) is 16.8 Å². The van der Waals surface area contributed by atoms with E-state index in [4.69, 9.17) is 14.9 Å². The van der Waals surface area contributed by atoms with Crippen LogP contribution in [0.15, 0.2) is 51.8 Å². The summed E-state index contributed by atoms with van der Waals surface area (Å²) in [5, 5.41) is 10.0. The molecule has 0 atom stereocenters. The number of halogens is 1. The van der Waals surface area contributed by atoms with Crippen molar-refractivity contribution in [1.29, 1.82) is 5.41 Å². The number of esters is 1. The molecule has 1 aliphatic heterocycles. The quantitative estimate of drug-likeness (QED) is 0.408. The van der Waals surface area contributed by atoms with Crippen LogP contribution in [0.1, 0.15) is 22.8 Å². The van der Waals surface area contributed by atoms with Crippen LogP contribution in [0.5, 0.6) is 11.5 Å². The van der Waals surface area contributed by atoms with Crippen molar-refractivity contribution in [3.63, 3.8) is 0 Å². The summed E-state index contributed by atoms with van der Waals surface area (Å²) in [5.41, 5.74) is 1.10. The zero-order valence-electron chi connectivity index (χ0n) is 14.2. The summed E-state index contributed by atoms with van der Waals surface area (Å²) in [6.45, 7) is 2.20. The molecule has 6 nitrogen and oxygen atoms in total. The van der Waals surface area contributed by atoms with Gasteiger partial charge < -0.3 is 14.8 Å². The fourth-order valence-electron chi connectivity index (χ4n) is 2.35. The molecule has 27 heavy (non-hydrogen) atoms. The number of benzene rings is 2. The van der Waals surface area contributed by atoms with E-state index in [1.807, 2.05) is 13.0 Å². The third kappa shape index (κ3) is 4.58. The molecule has 0 saturated carbocycles. The molecular weight excluding hydrogens is 432 g/mol. The van der Waals surface area contributed by atoms with Crippen LogP contribution in [-0.4, -0.2) is 23.7 Å².